The second kappa shape index (κ2) is 11.4. The van der Waals surface area contributed by atoms with Crippen LogP contribution in [0.25, 0.3) is 0 Å². The van der Waals surface area contributed by atoms with E-state index in [1.165, 1.54) is 20.6 Å². The monoisotopic (exact) mass is 571 g/mol. The van der Waals surface area contributed by atoms with Crippen molar-refractivity contribution in [2.75, 3.05) is 45.2 Å². The topological polar surface area (TPSA) is 64.1 Å². The van der Waals surface area contributed by atoms with Crippen LogP contribution >= 0.6 is 22.9 Å². The van der Waals surface area contributed by atoms with Gasteiger partial charge in [-0.05, 0) is 79.0 Å². The quantitative estimate of drug-likeness (QED) is 0.504. The summed E-state index contributed by atoms with van der Waals surface area (Å²) in [4.78, 5) is 30.0. The molecule has 2 aliphatic heterocycles. The van der Waals surface area contributed by atoms with Gasteiger partial charge in [0.05, 0.1) is 10.6 Å². The first-order valence-corrected chi connectivity index (χ1v) is 14.1. The summed E-state index contributed by atoms with van der Waals surface area (Å²) in [7, 11) is 3.37. The minimum Gasteiger partial charge on any atom is -0.371 e. The fraction of sp³-hybridized carbons (Fsp3) is 0.556. The second-order valence-electron chi connectivity index (χ2n) is 10.5. The van der Waals surface area contributed by atoms with Crippen LogP contribution < -0.4 is 4.90 Å². The fourth-order valence-electron chi connectivity index (χ4n) is 5.49. The highest BCUT2D eigenvalue weighted by Gasteiger charge is 2.62. The standard InChI is InChI=1S/C27H33ClF3N3O3S/c1-32(2)24(35)22-4-3-21(16-23(22)28)33-10-5-18(6-11-33)15-19-7-12-34(13-8-19)25(36)26(37,27(29,30)31)20-9-14-38-17-20/h3-4,9,14,16-19,37H,5-8,10-13,15H2,1-2H3. The van der Waals surface area contributed by atoms with Gasteiger partial charge in [0.1, 0.15) is 0 Å². The Labute approximate surface area is 230 Å². The van der Waals surface area contributed by atoms with Gasteiger partial charge in [0.2, 0.25) is 0 Å². The van der Waals surface area contributed by atoms with Crippen molar-refractivity contribution in [2.45, 2.75) is 43.9 Å². The Hall–Kier alpha value is -2.30. The number of amides is 2. The number of nitrogens with zero attached hydrogens (tertiary/aromatic N) is 3. The van der Waals surface area contributed by atoms with Crippen LogP contribution in [-0.2, 0) is 10.4 Å². The molecule has 2 amide bonds. The number of likely N-dealkylation sites (tertiary alicyclic amines) is 1. The van der Waals surface area contributed by atoms with Crippen LogP contribution in [-0.4, -0.2) is 73.2 Å². The lowest BCUT2D eigenvalue weighted by atomic mass is 9.82. The molecular weight excluding hydrogens is 539 g/mol. The highest BCUT2D eigenvalue weighted by atomic mass is 35.5. The van der Waals surface area contributed by atoms with E-state index in [4.69, 9.17) is 11.6 Å². The molecule has 4 rings (SSSR count). The number of halogens is 4. The van der Waals surface area contributed by atoms with Crippen molar-refractivity contribution in [3.63, 3.8) is 0 Å². The molecule has 0 bridgehead atoms. The zero-order chi connectivity index (χ0) is 27.7. The fourth-order valence-corrected chi connectivity index (χ4v) is 6.45. The van der Waals surface area contributed by atoms with Crippen LogP contribution in [0, 0.1) is 11.8 Å². The van der Waals surface area contributed by atoms with Crippen molar-refractivity contribution in [2.24, 2.45) is 11.8 Å². The first kappa shape index (κ1) is 28.7. The van der Waals surface area contributed by atoms with E-state index in [1.54, 1.807) is 20.2 Å². The molecule has 0 spiro atoms. The number of rotatable bonds is 6. The molecule has 38 heavy (non-hydrogen) atoms. The molecule has 1 atom stereocenters. The molecule has 2 aliphatic rings. The lowest BCUT2D eigenvalue weighted by molar-refractivity contribution is -0.262. The number of hydrogen-bond acceptors (Lipinski definition) is 5. The molecule has 0 aliphatic carbocycles. The van der Waals surface area contributed by atoms with Gasteiger partial charge >= 0.3 is 6.18 Å². The molecule has 208 valence electrons. The van der Waals surface area contributed by atoms with Crippen molar-refractivity contribution in [1.29, 1.82) is 0 Å². The Kier molecular flexibility index (Phi) is 8.64. The van der Waals surface area contributed by atoms with Crippen molar-refractivity contribution >= 4 is 40.4 Å². The number of benzene rings is 1. The summed E-state index contributed by atoms with van der Waals surface area (Å²) in [5.41, 5.74) is -2.47. The number of alkyl halides is 3. The lowest BCUT2D eigenvalue weighted by Gasteiger charge is -2.40. The average Bonchev–Trinajstić information content (AvgIpc) is 3.43. The largest absolute Gasteiger partial charge is 0.430 e. The molecule has 2 fully saturated rings. The molecule has 2 saturated heterocycles. The molecular formula is C27H33ClF3N3O3S. The number of aliphatic hydroxyl groups is 1. The van der Waals surface area contributed by atoms with Gasteiger partial charge in [0, 0.05) is 51.5 Å². The van der Waals surface area contributed by atoms with Crippen LogP contribution in [0.3, 0.4) is 0 Å². The summed E-state index contributed by atoms with van der Waals surface area (Å²) in [5, 5.41) is 13.5. The average molecular weight is 572 g/mol. The highest BCUT2D eigenvalue weighted by molar-refractivity contribution is 7.08. The molecule has 2 aromatic rings. The zero-order valence-electron chi connectivity index (χ0n) is 21.5. The van der Waals surface area contributed by atoms with Crippen LogP contribution in [0.2, 0.25) is 5.02 Å². The maximum absolute atomic E-state index is 13.8. The van der Waals surface area contributed by atoms with Gasteiger partial charge in [-0.3, -0.25) is 9.59 Å². The van der Waals surface area contributed by atoms with E-state index in [9.17, 15) is 27.9 Å². The molecule has 1 aromatic heterocycles. The van der Waals surface area contributed by atoms with Gasteiger partial charge < -0.3 is 19.8 Å². The minimum absolute atomic E-state index is 0.137. The van der Waals surface area contributed by atoms with Crippen LogP contribution in [0.5, 0.6) is 0 Å². The van der Waals surface area contributed by atoms with Gasteiger partial charge in [-0.25, -0.2) is 0 Å². The van der Waals surface area contributed by atoms with Crippen molar-refractivity contribution < 1.29 is 27.9 Å². The van der Waals surface area contributed by atoms with Gasteiger partial charge in [0.15, 0.2) is 0 Å². The minimum atomic E-state index is -5.09. The Bertz CT molecular complexity index is 1130. The van der Waals surface area contributed by atoms with E-state index < -0.39 is 23.2 Å². The zero-order valence-corrected chi connectivity index (χ0v) is 23.1. The number of hydrogen-bond donors (Lipinski definition) is 1. The predicted octanol–water partition coefficient (Wildman–Crippen LogP) is 5.40. The maximum atomic E-state index is 13.8. The number of carbonyl (C=O) groups is 2. The van der Waals surface area contributed by atoms with E-state index in [1.807, 2.05) is 12.1 Å². The summed E-state index contributed by atoms with van der Waals surface area (Å²) >= 11 is 7.39. The molecule has 1 aromatic carbocycles. The van der Waals surface area contributed by atoms with Crippen molar-refractivity contribution in [1.82, 2.24) is 9.80 Å². The van der Waals surface area contributed by atoms with Gasteiger partial charge in [-0.2, -0.15) is 24.5 Å². The first-order chi connectivity index (χ1) is 17.9. The van der Waals surface area contributed by atoms with Crippen molar-refractivity contribution in [3.8, 4) is 0 Å². The number of carbonyl (C=O) groups excluding carboxylic acids is 2. The summed E-state index contributed by atoms with van der Waals surface area (Å²) in [6, 6.07) is 6.68. The Morgan fingerprint density at radius 3 is 2.16 bits per heavy atom. The van der Waals surface area contributed by atoms with E-state index in [2.05, 4.69) is 4.90 Å². The van der Waals surface area contributed by atoms with Gasteiger partial charge in [0.25, 0.3) is 17.4 Å². The summed E-state index contributed by atoms with van der Waals surface area (Å²) in [6.45, 7) is 2.14. The molecule has 0 saturated carbocycles. The number of piperidine rings is 2. The molecule has 1 N–H and O–H groups in total. The van der Waals surface area contributed by atoms with E-state index in [0.29, 0.717) is 35.3 Å². The van der Waals surface area contributed by atoms with E-state index in [-0.39, 0.29) is 19.0 Å². The normalized spacial score (nSPS) is 19.3. The predicted molar refractivity (Wildman–Crippen MR) is 143 cm³/mol. The summed E-state index contributed by atoms with van der Waals surface area (Å²) in [5.74, 6) is -0.586. The Balaban J connectivity index is 1.28. The molecule has 0 radical (unpaired) electrons. The maximum Gasteiger partial charge on any atom is 0.430 e. The van der Waals surface area contributed by atoms with Gasteiger partial charge in [-0.1, -0.05) is 11.6 Å². The van der Waals surface area contributed by atoms with Crippen LogP contribution in [0.1, 0.15) is 48.0 Å². The molecule has 6 nitrogen and oxygen atoms in total. The van der Waals surface area contributed by atoms with Gasteiger partial charge in [-0.15, -0.1) is 0 Å². The number of anilines is 1. The summed E-state index contributed by atoms with van der Waals surface area (Å²) in [6.07, 6.45) is -0.896. The third kappa shape index (κ3) is 5.82. The number of thiophene rings is 1. The van der Waals surface area contributed by atoms with E-state index in [0.717, 1.165) is 55.4 Å². The van der Waals surface area contributed by atoms with Crippen molar-refractivity contribution in [3.05, 3.63) is 51.2 Å². The van der Waals surface area contributed by atoms with Crippen LogP contribution in [0.15, 0.2) is 35.0 Å². The third-order valence-corrected chi connectivity index (χ3v) is 8.79. The Morgan fingerprint density at radius 2 is 1.66 bits per heavy atom. The summed E-state index contributed by atoms with van der Waals surface area (Å²) < 4.78 is 41.4. The SMILES string of the molecule is CN(C)C(=O)c1ccc(N2CCC(CC3CCN(C(=O)C(O)(c4ccsc4)C(F)(F)F)CC3)CC2)cc1Cl. The highest BCUT2D eigenvalue weighted by Crippen LogP contribution is 2.42. The Morgan fingerprint density at radius 1 is 1.05 bits per heavy atom. The smallest absolute Gasteiger partial charge is 0.371 e. The molecule has 1 unspecified atom stereocenters. The van der Waals surface area contributed by atoms with Crippen LogP contribution in [0.4, 0.5) is 18.9 Å². The third-order valence-electron chi connectivity index (χ3n) is 7.80. The van der Waals surface area contributed by atoms with E-state index >= 15 is 0 Å². The first-order valence-electron chi connectivity index (χ1n) is 12.8. The lowest BCUT2D eigenvalue weighted by Crippen LogP contribution is -2.57. The second-order valence-corrected chi connectivity index (χ2v) is 11.7. The molecule has 3 heterocycles. The molecule has 11 heteroatoms.